The van der Waals surface area contributed by atoms with Crippen molar-refractivity contribution in [2.75, 3.05) is 59.7 Å². The van der Waals surface area contributed by atoms with Crippen LogP contribution in [0.1, 0.15) is 0 Å². The monoisotopic (exact) mass is 206 g/mol. The lowest BCUT2D eigenvalue weighted by Gasteiger charge is -2.06. The molecule has 5 nitrogen and oxygen atoms in total. The van der Waals surface area contributed by atoms with E-state index in [0.29, 0.717) is 13.2 Å². The van der Waals surface area contributed by atoms with Crippen molar-refractivity contribution in [3.8, 4) is 0 Å². The van der Waals surface area contributed by atoms with Crippen molar-refractivity contribution < 1.29 is 14.6 Å². The number of methoxy groups -OCH3 is 1. The van der Waals surface area contributed by atoms with Gasteiger partial charge in [-0.05, 0) is 0 Å². The zero-order chi connectivity index (χ0) is 10.5. The van der Waals surface area contributed by atoms with Crippen molar-refractivity contribution in [3.05, 3.63) is 0 Å². The van der Waals surface area contributed by atoms with Gasteiger partial charge in [0.15, 0.2) is 0 Å². The average molecular weight is 206 g/mol. The van der Waals surface area contributed by atoms with E-state index in [2.05, 4.69) is 10.6 Å². The smallest absolute Gasteiger partial charge is 0.0698 e. The van der Waals surface area contributed by atoms with Crippen LogP contribution < -0.4 is 10.6 Å². The fraction of sp³-hybridized carbons (Fsp3) is 1.00. The summed E-state index contributed by atoms with van der Waals surface area (Å²) in [5.41, 5.74) is 0. The van der Waals surface area contributed by atoms with Crippen molar-refractivity contribution >= 4 is 0 Å². The molecular formula is C9H22N2O3. The first-order valence-corrected chi connectivity index (χ1v) is 5.00. The zero-order valence-electron chi connectivity index (χ0n) is 8.92. The van der Waals surface area contributed by atoms with E-state index < -0.39 is 0 Å². The Kier molecular flexibility index (Phi) is 12.6. The maximum Gasteiger partial charge on any atom is 0.0698 e. The minimum atomic E-state index is 0.0958. The van der Waals surface area contributed by atoms with Gasteiger partial charge in [-0.25, -0.2) is 0 Å². The lowest BCUT2D eigenvalue weighted by atomic mass is 10.5. The molecule has 0 saturated carbocycles. The molecule has 0 aliphatic heterocycles. The minimum Gasteiger partial charge on any atom is -0.394 e. The standard InChI is InChI=1S/C9H22N2O3/c1-13-7-4-10-2-3-11-5-8-14-9-6-12/h10-12H,2-9H2,1H3. The summed E-state index contributed by atoms with van der Waals surface area (Å²) < 4.78 is 9.96. The van der Waals surface area contributed by atoms with E-state index in [-0.39, 0.29) is 6.61 Å². The fourth-order valence-electron chi connectivity index (χ4n) is 0.912. The minimum absolute atomic E-state index is 0.0958. The van der Waals surface area contributed by atoms with Gasteiger partial charge in [0.2, 0.25) is 0 Å². The first-order chi connectivity index (χ1) is 6.91. The third kappa shape index (κ3) is 11.8. The number of aliphatic hydroxyl groups excluding tert-OH is 1. The van der Waals surface area contributed by atoms with E-state index in [1.165, 1.54) is 0 Å². The lowest BCUT2D eigenvalue weighted by molar-refractivity contribution is 0.0940. The van der Waals surface area contributed by atoms with Crippen LogP contribution in [0, 0.1) is 0 Å². The Morgan fingerprint density at radius 1 is 0.929 bits per heavy atom. The molecule has 0 rings (SSSR count). The van der Waals surface area contributed by atoms with E-state index in [1.54, 1.807) is 7.11 Å². The van der Waals surface area contributed by atoms with Gasteiger partial charge in [0.05, 0.1) is 26.4 Å². The van der Waals surface area contributed by atoms with Crippen molar-refractivity contribution in [2.45, 2.75) is 0 Å². The molecule has 0 aliphatic rings. The van der Waals surface area contributed by atoms with Crippen LogP contribution in [0.3, 0.4) is 0 Å². The molecule has 0 aliphatic carbocycles. The normalized spacial score (nSPS) is 10.7. The SMILES string of the molecule is COCCNCCNCCOCCO. The van der Waals surface area contributed by atoms with Crippen molar-refractivity contribution in [2.24, 2.45) is 0 Å². The molecule has 0 atom stereocenters. The van der Waals surface area contributed by atoms with Gasteiger partial charge < -0.3 is 25.2 Å². The molecule has 86 valence electrons. The Hall–Kier alpha value is -0.200. The highest BCUT2D eigenvalue weighted by Gasteiger charge is 1.88. The van der Waals surface area contributed by atoms with Crippen LogP contribution in [0.4, 0.5) is 0 Å². The second-order valence-corrected chi connectivity index (χ2v) is 2.83. The highest BCUT2D eigenvalue weighted by atomic mass is 16.5. The molecule has 0 aromatic carbocycles. The molecule has 0 unspecified atom stereocenters. The highest BCUT2D eigenvalue weighted by molar-refractivity contribution is 4.51. The molecular weight excluding hydrogens is 184 g/mol. The Morgan fingerprint density at radius 3 is 2.14 bits per heavy atom. The van der Waals surface area contributed by atoms with Gasteiger partial charge in [-0.1, -0.05) is 0 Å². The van der Waals surface area contributed by atoms with Crippen LogP contribution in [0.15, 0.2) is 0 Å². The zero-order valence-corrected chi connectivity index (χ0v) is 8.92. The van der Waals surface area contributed by atoms with Gasteiger partial charge in [0.25, 0.3) is 0 Å². The summed E-state index contributed by atoms with van der Waals surface area (Å²) in [7, 11) is 1.69. The Balaban J connectivity index is 2.78. The van der Waals surface area contributed by atoms with E-state index in [4.69, 9.17) is 14.6 Å². The third-order valence-corrected chi connectivity index (χ3v) is 1.62. The van der Waals surface area contributed by atoms with Crippen molar-refractivity contribution in [1.82, 2.24) is 10.6 Å². The number of nitrogens with one attached hydrogen (secondary N) is 2. The number of ether oxygens (including phenoxy) is 2. The van der Waals surface area contributed by atoms with Gasteiger partial charge >= 0.3 is 0 Å². The Bertz CT molecular complexity index is 92.1. The van der Waals surface area contributed by atoms with Gasteiger partial charge in [-0.15, -0.1) is 0 Å². The van der Waals surface area contributed by atoms with Crippen molar-refractivity contribution in [3.63, 3.8) is 0 Å². The molecule has 0 saturated heterocycles. The summed E-state index contributed by atoms with van der Waals surface area (Å²) in [4.78, 5) is 0. The van der Waals surface area contributed by atoms with Crippen LogP contribution >= 0.6 is 0 Å². The molecule has 0 aromatic heterocycles. The lowest BCUT2D eigenvalue weighted by Crippen LogP contribution is -2.31. The summed E-state index contributed by atoms with van der Waals surface area (Å²) in [6.07, 6.45) is 0. The second kappa shape index (κ2) is 12.8. The molecule has 14 heavy (non-hydrogen) atoms. The van der Waals surface area contributed by atoms with Gasteiger partial charge in [-0.3, -0.25) is 0 Å². The predicted molar refractivity (Wildman–Crippen MR) is 55.5 cm³/mol. The number of hydrogen-bond acceptors (Lipinski definition) is 5. The van der Waals surface area contributed by atoms with Crippen LogP contribution in [-0.2, 0) is 9.47 Å². The largest absolute Gasteiger partial charge is 0.394 e. The van der Waals surface area contributed by atoms with Gasteiger partial charge in [0, 0.05) is 33.3 Å². The maximum absolute atomic E-state index is 8.42. The fourth-order valence-corrected chi connectivity index (χ4v) is 0.912. The summed E-state index contributed by atoms with van der Waals surface area (Å²) in [6.45, 7) is 5.49. The summed E-state index contributed by atoms with van der Waals surface area (Å²) >= 11 is 0. The first-order valence-electron chi connectivity index (χ1n) is 5.00. The summed E-state index contributed by atoms with van der Waals surface area (Å²) in [6, 6.07) is 0. The number of hydrogen-bond donors (Lipinski definition) is 3. The topological polar surface area (TPSA) is 62.8 Å². The third-order valence-electron chi connectivity index (χ3n) is 1.62. The Labute approximate surface area is 85.8 Å². The van der Waals surface area contributed by atoms with Crippen LogP contribution in [0.25, 0.3) is 0 Å². The molecule has 0 spiro atoms. The summed E-state index contributed by atoms with van der Waals surface area (Å²) in [5.74, 6) is 0. The Morgan fingerprint density at radius 2 is 1.57 bits per heavy atom. The van der Waals surface area contributed by atoms with Gasteiger partial charge in [-0.2, -0.15) is 0 Å². The van der Waals surface area contributed by atoms with E-state index >= 15 is 0 Å². The van der Waals surface area contributed by atoms with Crippen molar-refractivity contribution in [1.29, 1.82) is 0 Å². The molecule has 0 bridgehead atoms. The van der Waals surface area contributed by atoms with Gasteiger partial charge in [0.1, 0.15) is 0 Å². The molecule has 3 N–H and O–H groups in total. The molecule has 0 amide bonds. The molecule has 0 fully saturated rings. The van der Waals surface area contributed by atoms with E-state index in [1.807, 2.05) is 0 Å². The van der Waals surface area contributed by atoms with Crippen LogP contribution in [0.5, 0.6) is 0 Å². The van der Waals surface area contributed by atoms with Crippen LogP contribution in [-0.4, -0.2) is 64.8 Å². The summed E-state index contributed by atoms with van der Waals surface area (Å²) in [5, 5.41) is 14.9. The predicted octanol–water partition coefficient (Wildman–Crippen LogP) is -1.18. The molecule has 0 heterocycles. The van der Waals surface area contributed by atoms with E-state index in [9.17, 15) is 0 Å². The number of aliphatic hydroxyl groups is 1. The molecule has 0 aromatic rings. The molecule has 0 radical (unpaired) electrons. The quantitative estimate of drug-likeness (QED) is 0.371. The average Bonchev–Trinajstić information content (AvgIpc) is 2.21. The second-order valence-electron chi connectivity index (χ2n) is 2.83. The number of rotatable bonds is 11. The maximum atomic E-state index is 8.42. The molecule has 5 heteroatoms. The highest BCUT2D eigenvalue weighted by Crippen LogP contribution is 1.71. The van der Waals surface area contributed by atoms with E-state index in [0.717, 1.165) is 32.8 Å². The van der Waals surface area contributed by atoms with Crippen LogP contribution in [0.2, 0.25) is 0 Å². The first kappa shape index (κ1) is 13.8.